The quantitative estimate of drug-likeness (QED) is 0.689. The number of aliphatic hydroxyl groups excluding tert-OH is 1. The number of amides is 1. The summed E-state index contributed by atoms with van der Waals surface area (Å²) in [6.07, 6.45) is 0. The molecule has 0 unspecified atom stereocenters. The van der Waals surface area contributed by atoms with E-state index in [1.54, 1.807) is 0 Å². The van der Waals surface area contributed by atoms with Crippen LogP contribution >= 0.6 is 0 Å². The maximum atomic E-state index is 11.9. The zero-order valence-electron chi connectivity index (χ0n) is 11.9. The number of carbonyl (C=O) groups is 1. The van der Waals surface area contributed by atoms with Crippen molar-refractivity contribution in [3.8, 4) is 0 Å². The second-order valence-electron chi connectivity index (χ2n) is 5.42. The molecule has 0 saturated carbocycles. The number of hydrogen-bond donors (Lipinski definition) is 2. The lowest BCUT2D eigenvalue weighted by Crippen LogP contribution is -2.54. The van der Waals surface area contributed by atoms with E-state index in [9.17, 15) is 4.79 Å². The molecule has 0 radical (unpaired) electrons. The van der Waals surface area contributed by atoms with Gasteiger partial charge in [0.15, 0.2) is 0 Å². The fourth-order valence-corrected chi connectivity index (χ4v) is 2.13. The van der Waals surface area contributed by atoms with Crippen LogP contribution in [0, 0.1) is 5.92 Å². The Labute approximate surface area is 110 Å². The van der Waals surface area contributed by atoms with Gasteiger partial charge < -0.3 is 10.4 Å². The van der Waals surface area contributed by atoms with E-state index in [1.807, 2.05) is 6.92 Å². The van der Waals surface area contributed by atoms with Gasteiger partial charge in [0.2, 0.25) is 5.91 Å². The minimum Gasteiger partial charge on any atom is -0.395 e. The number of carbonyl (C=O) groups excluding carboxylic acids is 1. The summed E-state index contributed by atoms with van der Waals surface area (Å²) in [7, 11) is 0. The van der Waals surface area contributed by atoms with E-state index in [0.29, 0.717) is 5.92 Å². The van der Waals surface area contributed by atoms with Crippen LogP contribution in [0.5, 0.6) is 0 Å². The Morgan fingerprint density at radius 1 is 1.22 bits per heavy atom. The van der Waals surface area contributed by atoms with Gasteiger partial charge in [-0.3, -0.25) is 14.6 Å². The summed E-state index contributed by atoms with van der Waals surface area (Å²) >= 11 is 0. The van der Waals surface area contributed by atoms with Crippen molar-refractivity contribution >= 4 is 5.91 Å². The second kappa shape index (κ2) is 7.71. The minimum absolute atomic E-state index is 0.0555. The maximum Gasteiger partial charge on any atom is 0.237 e. The largest absolute Gasteiger partial charge is 0.395 e. The molecule has 1 aliphatic rings. The summed E-state index contributed by atoms with van der Waals surface area (Å²) in [5.74, 6) is 0.613. The Kier molecular flexibility index (Phi) is 6.60. The van der Waals surface area contributed by atoms with E-state index in [2.05, 4.69) is 29.0 Å². The van der Waals surface area contributed by atoms with Gasteiger partial charge in [-0.2, -0.15) is 0 Å². The average Bonchev–Trinajstić information content (AvgIpc) is 2.36. The lowest BCUT2D eigenvalue weighted by molar-refractivity contribution is -0.126. The molecule has 5 nitrogen and oxygen atoms in total. The lowest BCUT2D eigenvalue weighted by Gasteiger charge is -2.37. The number of hydrogen-bond acceptors (Lipinski definition) is 4. The first-order valence-corrected chi connectivity index (χ1v) is 6.89. The third-order valence-corrected chi connectivity index (χ3v) is 3.43. The highest BCUT2D eigenvalue weighted by atomic mass is 16.3. The zero-order chi connectivity index (χ0) is 13.5. The van der Waals surface area contributed by atoms with Crippen molar-refractivity contribution in [1.29, 1.82) is 0 Å². The van der Waals surface area contributed by atoms with Crippen LogP contribution in [-0.4, -0.2) is 72.7 Å². The van der Waals surface area contributed by atoms with E-state index in [1.165, 1.54) is 0 Å². The van der Waals surface area contributed by atoms with E-state index in [0.717, 1.165) is 39.3 Å². The van der Waals surface area contributed by atoms with E-state index < -0.39 is 0 Å². The van der Waals surface area contributed by atoms with Gasteiger partial charge in [-0.05, 0) is 12.8 Å². The molecule has 0 aromatic carbocycles. The van der Waals surface area contributed by atoms with Crippen molar-refractivity contribution in [3.05, 3.63) is 0 Å². The highest BCUT2D eigenvalue weighted by molar-refractivity contribution is 5.81. The summed E-state index contributed by atoms with van der Waals surface area (Å²) in [4.78, 5) is 16.4. The summed E-state index contributed by atoms with van der Waals surface area (Å²) in [5.41, 5.74) is 0. The van der Waals surface area contributed by atoms with Crippen LogP contribution in [0.25, 0.3) is 0 Å². The molecule has 5 heteroatoms. The van der Waals surface area contributed by atoms with Gasteiger partial charge in [-0.25, -0.2) is 0 Å². The van der Waals surface area contributed by atoms with Crippen LogP contribution in [0.3, 0.4) is 0 Å². The molecule has 0 aromatic rings. The van der Waals surface area contributed by atoms with Gasteiger partial charge in [0.1, 0.15) is 0 Å². The van der Waals surface area contributed by atoms with Crippen molar-refractivity contribution in [2.45, 2.75) is 26.8 Å². The third kappa shape index (κ3) is 4.92. The maximum absolute atomic E-state index is 11.9. The first-order valence-electron chi connectivity index (χ1n) is 6.89. The smallest absolute Gasteiger partial charge is 0.237 e. The standard InChI is InChI=1S/C13H27N3O2/c1-11(2)10-14-13(18)12(3)16-6-4-15(5-7-16)8-9-17/h11-12,17H,4-10H2,1-3H3,(H,14,18)/t12-/m1/s1. The Hall–Kier alpha value is -0.650. The van der Waals surface area contributed by atoms with Crippen molar-refractivity contribution in [3.63, 3.8) is 0 Å². The van der Waals surface area contributed by atoms with Crippen molar-refractivity contribution in [2.24, 2.45) is 5.92 Å². The van der Waals surface area contributed by atoms with E-state index >= 15 is 0 Å². The van der Waals surface area contributed by atoms with E-state index in [-0.39, 0.29) is 18.6 Å². The summed E-state index contributed by atoms with van der Waals surface area (Å²) in [6, 6.07) is -0.0555. The number of nitrogens with one attached hydrogen (secondary N) is 1. The molecule has 1 atom stereocenters. The molecule has 0 spiro atoms. The van der Waals surface area contributed by atoms with Crippen molar-refractivity contribution < 1.29 is 9.90 Å². The Bertz CT molecular complexity index is 251. The lowest BCUT2D eigenvalue weighted by atomic mass is 10.2. The first-order chi connectivity index (χ1) is 8.54. The normalized spacial score (nSPS) is 20.1. The molecule has 0 bridgehead atoms. The molecule has 1 heterocycles. The average molecular weight is 257 g/mol. The number of nitrogens with zero attached hydrogens (tertiary/aromatic N) is 2. The van der Waals surface area contributed by atoms with Crippen LogP contribution in [0.1, 0.15) is 20.8 Å². The van der Waals surface area contributed by atoms with Gasteiger partial charge in [-0.15, -0.1) is 0 Å². The molecule has 1 saturated heterocycles. The molecule has 1 amide bonds. The van der Waals surface area contributed by atoms with Crippen LogP contribution < -0.4 is 5.32 Å². The molecule has 0 aromatic heterocycles. The first kappa shape index (κ1) is 15.4. The highest BCUT2D eigenvalue weighted by Gasteiger charge is 2.25. The van der Waals surface area contributed by atoms with Crippen LogP contribution in [-0.2, 0) is 4.79 Å². The fraction of sp³-hybridized carbons (Fsp3) is 0.923. The molecular weight excluding hydrogens is 230 g/mol. The number of rotatable bonds is 6. The van der Waals surface area contributed by atoms with Gasteiger partial charge in [0.05, 0.1) is 12.6 Å². The molecule has 18 heavy (non-hydrogen) atoms. The Morgan fingerprint density at radius 3 is 2.33 bits per heavy atom. The van der Waals surface area contributed by atoms with E-state index in [4.69, 9.17) is 5.11 Å². The van der Waals surface area contributed by atoms with Gasteiger partial charge in [0, 0.05) is 39.3 Å². The minimum atomic E-state index is -0.0555. The van der Waals surface area contributed by atoms with Crippen molar-refractivity contribution in [1.82, 2.24) is 15.1 Å². The molecular formula is C13H27N3O2. The SMILES string of the molecule is CC(C)CNC(=O)[C@@H](C)N1CCN(CCO)CC1. The van der Waals surface area contributed by atoms with Crippen LogP contribution in [0.4, 0.5) is 0 Å². The highest BCUT2D eigenvalue weighted by Crippen LogP contribution is 2.06. The van der Waals surface area contributed by atoms with Gasteiger partial charge in [0.25, 0.3) is 0 Å². The molecule has 106 valence electrons. The zero-order valence-corrected chi connectivity index (χ0v) is 11.9. The number of aliphatic hydroxyl groups is 1. The second-order valence-corrected chi connectivity index (χ2v) is 5.42. The number of β-amino-alcohol motifs (C(OH)–C–C–N with tert-alkyl or cyclic N) is 1. The molecule has 2 N–H and O–H groups in total. The number of piperazine rings is 1. The van der Waals surface area contributed by atoms with Crippen molar-refractivity contribution in [2.75, 3.05) is 45.9 Å². The molecule has 1 aliphatic heterocycles. The van der Waals surface area contributed by atoms with Gasteiger partial charge >= 0.3 is 0 Å². The predicted octanol–water partition coefficient (Wildman–Crippen LogP) is -0.243. The predicted molar refractivity (Wildman–Crippen MR) is 72.4 cm³/mol. The Morgan fingerprint density at radius 2 is 1.83 bits per heavy atom. The molecule has 1 fully saturated rings. The van der Waals surface area contributed by atoms with Crippen LogP contribution in [0.15, 0.2) is 0 Å². The fourth-order valence-electron chi connectivity index (χ4n) is 2.13. The van der Waals surface area contributed by atoms with Crippen LogP contribution in [0.2, 0.25) is 0 Å². The third-order valence-electron chi connectivity index (χ3n) is 3.43. The monoisotopic (exact) mass is 257 g/mol. The molecule has 1 rings (SSSR count). The summed E-state index contributed by atoms with van der Waals surface area (Å²) in [5, 5.41) is 11.9. The topological polar surface area (TPSA) is 55.8 Å². The summed E-state index contributed by atoms with van der Waals surface area (Å²) < 4.78 is 0. The summed E-state index contributed by atoms with van der Waals surface area (Å²) in [6.45, 7) is 11.5. The van der Waals surface area contributed by atoms with Gasteiger partial charge in [-0.1, -0.05) is 13.8 Å². The Balaban J connectivity index is 2.30. The molecule has 0 aliphatic carbocycles.